The first-order valence-electron chi connectivity index (χ1n) is 28.9. The summed E-state index contributed by atoms with van der Waals surface area (Å²) in [7, 11) is 0. The van der Waals surface area contributed by atoms with E-state index in [0.29, 0.717) is 19.3 Å². The summed E-state index contributed by atoms with van der Waals surface area (Å²) in [6.07, 6.45) is 66.3. The van der Waals surface area contributed by atoms with Crippen molar-refractivity contribution in [2.75, 3.05) is 6.61 Å². The largest absolute Gasteiger partial charge is 0.461 e. The minimum Gasteiger partial charge on any atom is -0.461 e. The monoisotopic (exact) mass is 926 g/mol. The molecule has 3 atom stereocenters. The second-order valence-electron chi connectivity index (χ2n) is 19.7. The molecule has 1 amide bonds. The quantitative estimate of drug-likeness (QED) is 0.0321. The minimum atomic E-state index is -0.810. The van der Waals surface area contributed by atoms with Gasteiger partial charge in [-0.05, 0) is 44.9 Å². The first kappa shape index (κ1) is 63.8. The van der Waals surface area contributed by atoms with Crippen LogP contribution in [0, 0.1) is 0 Å². The van der Waals surface area contributed by atoms with Crippen LogP contribution in [0.2, 0.25) is 0 Å². The van der Waals surface area contributed by atoms with Crippen molar-refractivity contribution in [3.63, 3.8) is 0 Å². The van der Waals surface area contributed by atoms with Crippen LogP contribution in [0.15, 0.2) is 48.6 Å². The number of carbonyl (C=O) groups is 2. The van der Waals surface area contributed by atoms with Crippen molar-refractivity contribution in [2.24, 2.45) is 0 Å². The fraction of sp³-hybridized carbons (Fsp3) is 0.833. The second kappa shape index (κ2) is 53.8. The Bertz CT molecular complexity index is 1130. The summed E-state index contributed by atoms with van der Waals surface area (Å²) in [5.74, 6) is -0.563. The Labute approximate surface area is 410 Å². The van der Waals surface area contributed by atoms with E-state index < -0.39 is 18.2 Å². The molecule has 0 saturated carbocycles. The van der Waals surface area contributed by atoms with Crippen LogP contribution in [0.5, 0.6) is 0 Å². The van der Waals surface area contributed by atoms with Crippen molar-refractivity contribution in [3.8, 4) is 0 Å². The molecule has 386 valence electrons. The highest BCUT2D eigenvalue weighted by atomic mass is 16.5. The van der Waals surface area contributed by atoms with Crippen molar-refractivity contribution in [1.29, 1.82) is 0 Å². The summed E-state index contributed by atoms with van der Waals surface area (Å²) in [5, 5.41) is 23.8. The van der Waals surface area contributed by atoms with Crippen LogP contribution in [-0.2, 0) is 14.3 Å². The molecule has 0 aliphatic carbocycles. The van der Waals surface area contributed by atoms with Gasteiger partial charge in [0.2, 0.25) is 5.91 Å². The molecule has 0 saturated heterocycles. The first-order valence-corrected chi connectivity index (χ1v) is 28.9. The van der Waals surface area contributed by atoms with Crippen LogP contribution in [0.3, 0.4) is 0 Å². The third-order valence-electron chi connectivity index (χ3n) is 13.2. The molecule has 0 aliphatic rings. The van der Waals surface area contributed by atoms with Gasteiger partial charge in [-0.1, -0.05) is 281 Å². The van der Waals surface area contributed by atoms with Gasteiger partial charge in [-0.25, -0.2) is 0 Å². The smallest absolute Gasteiger partial charge is 0.306 e. The molecule has 0 aliphatic heterocycles. The normalized spacial score (nSPS) is 13.5. The lowest BCUT2D eigenvalue weighted by atomic mass is 10.0. The van der Waals surface area contributed by atoms with E-state index in [1.165, 1.54) is 193 Å². The number of hydrogen-bond donors (Lipinski definition) is 3. The third kappa shape index (κ3) is 48.3. The highest BCUT2D eigenvalue weighted by Gasteiger charge is 2.23. The number of nitrogens with one attached hydrogen (secondary N) is 1. The van der Waals surface area contributed by atoms with E-state index in [0.717, 1.165) is 57.8 Å². The summed E-state index contributed by atoms with van der Waals surface area (Å²) in [6, 6.07) is -0.729. The van der Waals surface area contributed by atoms with Crippen LogP contribution < -0.4 is 5.32 Å². The van der Waals surface area contributed by atoms with E-state index in [1.807, 2.05) is 6.08 Å². The van der Waals surface area contributed by atoms with E-state index >= 15 is 0 Å². The molecule has 6 heteroatoms. The Kier molecular flexibility index (Phi) is 52.0. The molecule has 0 aromatic heterocycles. The zero-order valence-corrected chi connectivity index (χ0v) is 44.1. The zero-order valence-electron chi connectivity index (χ0n) is 44.1. The average Bonchev–Trinajstić information content (AvgIpc) is 3.31. The Balaban J connectivity index is 4.61. The number of ether oxygens (including phenoxy) is 1. The topological polar surface area (TPSA) is 95.9 Å². The van der Waals surface area contributed by atoms with E-state index in [9.17, 15) is 19.8 Å². The number of hydrogen-bond acceptors (Lipinski definition) is 5. The number of aliphatic hydroxyl groups is 2. The standard InChI is InChI=1S/C60H111NO5/c1-4-7-10-13-16-19-22-25-27-28-29-30-32-35-38-41-44-47-50-53-60(65)66-56(51-48-45-42-39-36-34-31-26-23-20-17-14-11-8-5-2)54-59(64)61-57(55-62)58(63)52-49-46-43-40-37-33-24-21-18-15-12-9-6-3/h17,20,26,31,36,39,45,48,56-58,62-63H,4-16,18-19,21-25,27-30,32-35,37-38,40-44,46-47,49-55H2,1-3H3,(H,61,64)/b20-17-,31-26-,39-36-,48-45-. The molecule has 6 nitrogen and oxygen atoms in total. The Morgan fingerprint density at radius 3 is 1.21 bits per heavy atom. The van der Waals surface area contributed by atoms with Crippen molar-refractivity contribution in [1.82, 2.24) is 5.32 Å². The Morgan fingerprint density at radius 1 is 0.455 bits per heavy atom. The predicted octanol–water partition coefficient (Wildman–Crippen LogP) is 17.8. The number of amides is 1. The number of esters is 1. The average molecular weight is 927 g/mol. The SMILES string of the molecule is CCCCC/C=C\C/C=C\C/C=C\C/C=C\CC(CC(=O)NC(CO)C(O)CCCCCCCCCCCCCCC)OC(=O)CCCCCCCCCCCCCCCCCCCCC. The molecule has 0 spiro atoms. The van der Waals surface area contributed by atoms with Crippen molar-refractivity contribution in [2.45, 2.75) is 315 Å². The molecule has 0 bridgehead atoms. The zero-order chi connectivity index (χ0) is 48.1. The van der Waals surface area contributed by atoms with Gasteiger partial charge in [-0.3, -0.25) is 9.59 Å². The van der Waals surface area contributed by atoms with Crippen LogP contribution in [-0.4, -0.2) is 46.9 Å². The second-order valence-corrected chi connectivity index (χ2v) is 19.7. The lowest BCUT2D eigenvalue weighted by Crippen LogP contribution is -2.46. The van der Waals surface area contributed by atoms with Gasteiger partial charge in [0.05, 0.1) is 25.2 Å². The third-order valence-corrected chi connectivity index (χ3v) is 13.2. The van der Waals surface area contributed by atoms with Gasteiger partial charge < -0.3 is 20.3 Å². The lowest BCUT2D eigenvalue weighted by molar-refractivity contribution is -0.150. The van der Waals surface area contributed by atoms with E-state index in [-0.39, 0.29) is 24.9 Å². The molecule has 0 aromatic carbocycles. The van der Waals surface area contributed by atoms with E-state index in [4.69, 9.17) is 4.74 Å². The molecule has 3 unspecified atom stereocenters. The van der Waals surface area contributed by atoms with Crippen molar-refractivity contribution >= 4 is 11.9 Å². The molecule has 3 N–H and O–H groups in total. The van der Waals surface area contributed by atoms with Crippen LogP contribution in [0.1, 0.15) is 297 Å². The molecule has 0 rings (SSSR count). The van der Waals surface area contributed by atoms with Gasteiger partial charge in [0.1, 0.15) is 6.10 Å². The summed E-state index contributed by atoms with van der Waals surface area (Å²) >= 11 is 0. The van der Waals surface area contributed by atoms with Gasteiger partial charge in [0.15, 0.2) is 0 Å². The number of unbranched alkanes of at least 4 members (excludes halogenated alkanes) is 33. The fourth-order valence-electron chi connectivity index (χ4n) is 8.77. The highest BCUT2D eigenvalue weighted by Crippen LogP contribution is 2.18. The first-order chi connectivity index (χ1) is 32.5. The summed E-state index contributed by atoms with van der Waals surface area (Å²) < 4.78 is 5.90. The number of aliphatic hydroxyl groups excluding tert-OH is 2. The minimum absolute atomic E-state index is 0.00488. The number of carbonyl (C=O) groups excluding carboxylic acids is 2. The Morgan fingerprint density at radius 2 is 0.803 bits per heavy atom. The molecule has 0 fully saturated rings. The number of rotatable bonds is 52. The summed E-state index contributed by atoms with van der Waals surface area (Å²) in [4.78, 5) is 26.2. The Hall–Kier alpha value is -2.18. The highest BCUT2D eigenvalue weighted by molar-refractivity contribution is 5.77. The summed E-state index contributed by atoms with van der Waals surface area (Å²) in [6.45, 7) is 6.46. The predicted molar refractivity (Wildman–Crippen MR) is 287 cm³/mol. The maximum Gasteiger partial charge on any atom is 0.306 e. The summed E-state index contributed by atoms with van der Waals surface area (Å²) in [5.41, 5.74) is 0. The molecule has 66 heavy (non-hydrogen) atoms. The van der Waals surface area contributed by atoms with Crippen LogP contribution in [0.4, 0.5) is 0 Å². The van der Waals surface area contributed by atoms with E-state index in [1.54, 1.807) is 0 Å². The van der Waals surface area contributed by atoms with Crippen molar-refractivity contribution < 1.29 is 24.5 Å². The fourth-order valence-corrected chi connectivity index (χ4v) is 8.77. The van der Waals surface area contributed by atoms with Gasteiger partial charge in [-0.2, -0.15) is 0 Å². The maximum absolute atomic E-state index is 13.2. The molecular weight excluding hydrogens is 815 g/mol. The van der Waals surface area contributed by atoms with Crippen LogP contribution in [0.25, 0.3) is 0 Å². The molecule has 0 heterocycles. The van der Waals surface area contributed by atoms with Gasteiger partial charge in [-0.15, -0.1) is 0 Å². The molecule has 0 radical (unpaired) electrons. The van der Waals surface area contributed by atoms with Gasteiger partial charge >= 0.3 is 5.97 Å². The molecule has 0 aromatic rings. The van der Waals surface area contributed by atoms with Gasteiger partial charge in [0, 0.05) is 12.8 Å². The van der Waals surface area contributed by atoms with Crippen molar-refractivity contribution in [3.05, 3.63) is 48.6 Å². The van der Waals surface area contributed by atoms with E-state index in [2.05, 4.69) is 68.6 Å². The van der Waals surface area contributed by atoms with Crippen LogP contribution >= 0.6 is 0 Å². The lowest BCUT2D eigenvalue weighted by Gasteiger charge is -2.24. The van der Waals surface area contributed by atoms with Gasteiger partial charge in [0.25, 0.3) is 0 Å². The molecular formula is C60H111NO5. The number of allylic oxidation sites excluding steroid dienone is 7. The maximum atomic E-state index is 13.2.